The van der Waals surface area contributed by atoms with Crippen molar-refractivity contribution < 1.29 is 14.3 Å². The Kier molecular flexibility index (Phi) is 4.50. The zero-order valence-corrected chi connectivity index (χ0v) is 11.7. The monoisotopic (exact) mass is 285 g/mol. The maximum atomic E-state index is 11.8. The van der Waals surface area contributed by atoms with Crippen LogP contribution in [0.3, 0.4) is 0 Å². The molecular formula is C15H15N3O3. The number of pyridine rings is 1. The van der Waals surface area contributed by atoms with Gasteiger partial charge in [0.2, 0.25) is 0 Å². The van der Waals surface area contributed by atoms with Crippen molar-refractivity contribution in [3.05, 3.63) is 48.2 Å². The van der Waals surface area contributed by atoms with Gasteiger partial charge in [0.15, 0.2) is 0 Å². The van der Waals surface area contributed by atoms with E-state index in [1.165, 1.54) is 0 Å². The second-order valence-corrected chi connectivity index (χ2v) is 4.36. The molecule has 2 amide bonds. The molecule has 0 saturated carbocycles. The number of aromatic nitrogens is 1. The normalized spacial score (nSPS) is 9.81. The Hall–Kier alpha value is -2.89. The molecule has 0 unspecified atom stereocenters. The van der Waals surface area contributed by atoms with Crippen LogP contribution in [0.2, 0.25) is 0 Å². The highest BCUT2D eigenvalue weighted by molar-refractivity contribution is 6.43. The van der Waals surface area contributed by atoms with Gasteiger partial charge in [0.1, 0.15) is 11.6 Å². The van der Waals surface area contributed by atoms with Crippen molar-refractivity contribution in [3.63, 3.8) is 0 Å². The van der Waals surface area contributed by atoms with Crippen molar-refractivity contribution in [3.8, 4) is 5.75 Å². The predicted octanol–water partition coefficient (Wildman–Crippen LogP) is 1.98. The van der Waals surface area contributed by atoms with Crippen LogP contribution in [0.5, 0.6) is 5.75 Å². The second kappa shape index (κ2) is 6.51. The number of carbonyl (C=O) groups is 2. The van der Waals surface area contributed by atoms with Crippen LogP contribution in [-0.2, 0) is 9.59 Å². The maximum Gasteiger partial charge on any atom is 0.315 e. The molecule has 0 atom stereocenters. The summed E-state index contributed by atoms with van der Waals surface area (Å²) in [6.07, 6.45) is 1.56. The first-order valence-corrected chi connectivity index (χ1v) is 6.27. The minimum atomic E-state index is -0.774. The van der Waals surface area contributed by atoms with Crippen LogP contribution in [0.15, 0.2) is 42.6 Å². The average Bonchev–Trinajstić information content (AvgIpc) is 2.48. The maximum absolute atomic E-state index is 11.8. The van der Waals surface area contributed by atoms with Gasteiger partial charge in [-0.15, -0.1) is 0 Å². The van der Waals surface area contributed by atoms with E-state index in [1.807, 2.05) is 6.92 Å². The molecule has 21 heavy (non-hydrogen) atoms. The van der Waals surface area contributed by atoms with Gasteiger partial charge in [-0.25, -0.2) is 4.98 Å². The lowest BCUT2D eigenvalue weighted by molar-refractivity contribution is -0.133. The van der Waals surface area contributed by atoms with Crippen LogP contribution < -0.4 is 15.4 Å². The highest BCUT2D eigenvalue weighted by atomic mass is 16.5. The van der Waals surface area contributed by atoms with Gasteiger partial charge in [0.05, 0.1) is 7.11 Å². The number of methoxy groups -OCH3 is 1. The zero-order chi connectivity index (χ0) is 15.2. The third-order valence-corrected chi connectivity index (χ3v) is 2.71. The molecule has 0 spiro atoms. The van der Waals surface area contributed by atoms with Crippen LogP contribution in [0, 0.1) is 6.92 Å². The largest absolute Gasteiger partial charge is 0.497 e. The topological polar surface area (TPSA) is 80.3 Å². The molecule has 0 fully saturated rings. The van der Waals surface area contributed by atoms with E-state index in [1.54, 1.807) is 49.7 Å². The molecular weight excluding hydrogens is 270 g/mol. The zero-order valence-electron chi connectivity index (χ0n) is 11.7. The molecule has 1 heterocycles. The highest BCUT2D eigenvalue weighted by Gasteiger charge is 2.14. The number of hydrogen-bond acceptors (Lipinski definition) is 4. The number of benzene rings is 1. The number of aryl methyl sites for hydroxylation is 1. The van der Waals surface area contributed by atoms with Crippen molar-refractivity contribution >= 4 is 23.3 Å². The highest BCUT2D eigenvalue weighted by Crippen LogP contribution is 2.15. The Labute approximate surface area is 122 Å². The number of carbonyl (C=O) groups excluding carboxylic acids is 2. The van der Waals surface area contributed by atoms with E-state index < -0.39 is 11.8 Å². The number of rotatable bonds is 3. The summed E-state index contributed by atoms with van der Waals surface area (Å²) < 4.78 is 5.01. The van der Waals surface area contributed by atoms with E-state index in [4.69, 9.17) is 4.74 Å². The summed E-state index contributed by atoms with van der Waals surface area (Å²) in [6.45, 7) is 1.87. The smallest absolute Gasteiger partial charge is 0.315 e. The Morgan fingerprint density at radius 3 is 2.33 bits per heavy atom. The molecule has 6 nitrogen and oxygen atoms in total. The third kappa shape index (κ3) is 4.04. The third-order valence-electron chi connectivity index (χ3n) is 2.71. The summed E-state index contributed by atoms with van der Waals surface area (Å²) in [5.74, 6) is -0.529. The minimum Gasteiger partial charge on any atom is -0.497 e. The van der Waals surface area contributed by atoms with Gasteiger partial charge in [-0.2, -0.15) is 0 Å². The van der Waals surface area contributed by atoms with E-state index in [2.05, 4.69) is 15.6 Å². The Balaban J connectivity index is 1.97. The lowest BCUT2D eigenvalue weighted by Gasteiger charge is -2.07. The summed E-state index contributed by atoms with van der Waals surface area (Å²) in [4.78, 5) is 27.5. The molecule has 0 radical (unpaired) electrons. The predicted molar refractivity (Wildman–Crippen MR) is 79.2 cm³/mol. The van der Waals surface area contributed by atoms with E-state index >= 15 is 0 Å². The summed E-state index contributed by atoms with van der Waals surface area (Å²) in [5.41, 5.74) is 1.45. The van der Waals surface area contributed by atoms with Crippen molar-refractivity contribution in [2.75, 3.05) is 17.7 Å². The fourth-order valence-corrected chi connectivity index (χ4v) is 1.64. The molecule has 0 bridgehead atoms. The molecule has 108 valence electrons. The molecule has 0 aliphatic rings. The van der Waals surface area contributed by atoms with Gasteiger partial charge in [-0.1, -0.05) is 0 Å². The van der Waals surface area contributed by atoms with Gasteiger partial charge in [0, 0.05) is 11.9 Å². The number of nitrogens with one attached hydrogen (secondary N) is 2. The molecule has 0 aliphatic carbocycles. The van der Waals surface area contributed by atoms with Gasteiger partial charge < -0.3 is 15.4 Å². The number of anilines is 2. The first-order valence-electron chi connectivity index (χ1n) is 6.27. The molecule has 1 aromatic heterocycles. The Bertz CT molecular complexity index is 653. The SMILES string of the molecule is COc1ccc(NC(=O)C(=O)Nc2cc(C)ccn2)cc1. The summed E-state index contributed by atoms with van der Waals surface area (Å²) >= 11 is 0. The second-order valence-electron chi connectivity index (χ2n) is 4.36. The van der Waals surface area contributed by atoms with Crippen molar-refractivity contribution in [2.45, 2.75) is 6.92 Å². The lowest BCUT2D eigenvalue weighted by Crippen LogP contribution is -2.29. The molecule has 0 saturated heterocycles. The van der Waals surface area contributed by atoms with Crippen molar-refractivity contribution in [1.82, 2.24) is 4.98 Å². The minimum absolute atomic E-state index is 0.338. The summed E-state index contributed by atoms with van der Waals surface area (Å²) in [6, 6.07) is 10.2. The van der Waals surface area contributed by atoms with E-state index in [0.717, 1.165) is 5.56 Å². The van der Waals surface area contributed by atoms with Crippen LogP contribution in [-0.4, -0.2) is 23.9 Å². The van der Waals surface area contributed by atoms with Crippen LogP contribution in [0.4, 0.5) is 11.5 Å². The number of amides is 2. The standard InChI is InChI=1S/C15H15N3O3/c1-10-7-8-16-13(9-10)18-15(20)14(19)17-11-3-5-12(21-2)6-4-11/h3-9H,1-2H3,(H,17,19)(H,16,18,20). The van der Waals surface area contributed by atoms with Crippen LogP contribution in [0.1, 0.15) is 5.56 Å². The van der Waals surface area contributed by atoms with E-state index in [-0.39, 0.29) is 0 Å². The average molecular weight is 285 g/mol. The molecule has 2 rings (SSSR count). The van der Waals surface area contributed by atoms with E-state index in [0.29, 0.717) is 17.3 Å². The molecule has 6 heteroatoms. The lowest BCUT2D eigenvalue weighted by atomic mass is 10.3. The molecule has 1 aromatic carbocycles. The summed E-state index contributed by atoms with van der Waals surface area (Å²) in [7, 11) is 1.55. The van der Waals surface area contributed by atoms with Crippen molar-refractivity contribution in [2.24, 2.45) is 0 Å². The molecule has 0 aliphatic heterocycles. The quantitative estimate of drug-likeness (QED) is 0.845. The molecule has 2 aromatic rings. The van der Waals surface area contributed by atoms with Gasteiger partial charge in [0.25, 0.3) is 0 Å². The fraction of sp³-hybridized carbons (Fsp3) is 0.133. The van der Waals surface area contributed by atoms with Crippen molar-refractivity contribution in [1.29, 1.82) is 0 Å². The first kappa shape index (κ1) is 14.5. The van der Waals surface area contributed by atoms with E-state index in [9.17, 15) is 9.59 Å². The van der Waals surface area contributed by atoms with Gasteiger partial charge in [-0.3, -0.25) is 9.59 Å². The fourth-order valence-electron chi connectivity index (χ4n) is 1.64. The number of hydrogen-bond donors (Lipinski definition) is 2. The number of ether oxygens (including phenoxy) is 1. The first-order chi connectivity index (χ1) is 10.1. The molecule has 2 N–H and O–H groups in total. The van der Waals surface area contributed by atoms with Gasteiger partial charge in [-0.05, 0) is 48.9 Å². The van der Waals surface area contributed by atoms with Crippen LogP contribution in [0.25, 0.3) is 0 Å². The Morgan fingerprint density at radius 2 is 1.71 bits per heavy atom. The summed E-state index contributed by atoms with van der Waals surface area (Å²) in [5, 5.41) is 4.93. The van der Waals surface area contributed by atoms with Crippen LogP contribution >= 0.6 is 0 Å². The Morgan fingerprint density at radius 1 is 1.05 bits per heavy atom. The van der Waals surface area contributed by atoms with Gasteiger partial charge >= 0.3 is 11.8 Å². The number of nitrogens with zero attached hydrogens (tertiary/aromatic N) is 1.